The van der Waals surface area contributed by atoms with Gasteiger partial charge in [-0.2, -0.15) is 0 Å². The number of carbonyl (C=O) groups excluding carboxylic acids is 1. The summed E-state index contributed by atoms with van der Waals surface area (Å²) >= 11 is 6.67. The van der Waals surface area contributed by atoms with Gasteiger partial charge in [0.1, 0.15) is 0 Å². The molecule has 1 saturated heterocycles. The minimum Gasteiger partial charge on any atom is -0.295 e. The number of thiocarbonyl (C=S) groups is 1. The summed E-state index contributed by atoms with van der Waals surface area (Å²) in [5.41, 5.74) is 3.22. The average molecular weight is 381 g/mol. The van der Waals surface area contributed by atoms with Crippen molar-refractivity contribution in [3.8, 4) is 0 Å². The van der Waals surface area contributed by atoms with Gasteiger partial charge in [-0.3, -0.25) is 18.8 Å². The average Bonchev–Trinajstić information content (AvgIpc) is 3.04. The summed E-state index contributed by atoms with van der Waals surface area (Å²) in [5, 5.41) is 0. The number of aryl methyl sites for hydroxylation is 2. The number of thioether (sulfide) groups is 1. The third kappa shape index (κ3) is 2.60. The molecule has 7 heteroatoms. The van der Waals surface area contributed by atoms with Gasteiger partial charge in [0.05, 0.1) is 21.6 Å². The minimum atomic E-state index is -0.131. The number of rotatable bonds is 2. The predicted molar refractivity (Wildman–Crippen MR) is 110 cm³/mol. The molecule has 2 heterocycles. The molecule has 0 bridgehead atoms. The molecule has 0 spiro atoms. The molecule has 26 heavy (non-hydrogen) atoms. The van der Waals surface area contributed by atoms with E-state index in [0.29, 0.717) is 9.23 Å². The van der Waals surface area contributed by atoms with E-state index in [9.17, 15) is 9.59 Å². The van der Waals surface area contributed by atoms with Crippen LogP contribution in [0.5, 0.6) is 0 Å². The molecule has 0 unspecified atom stereocenters. The second kappa shape index (κ2) is 6.26. The number of amides is 1. The lowest BCUT2D eigenvalue weighted by Gasteiger charge is -2.13. The number of benzene rings is 2. The fourth-order valence-corrected chi connectivity index (χ4v) is 4.33. The van der Waals surface area contributed by atoms with Crippen molar-refractivity contribution < 1.29 is 4.79 Å². The molecular weight excluding hydrogens is 366 g/mol. The van der Waals surface area contributed by atoms with Gasteiger partial charge in [-0.15, -0.1) is 0 Å². The quantitative estimate of drug-likeness (QED) is 0.505. The molecule has 0 radical (unpaired) electrons. The number of anilines is 1. The maximum atomic E-state index is 12.8. The van der Waals surface area contributed by atoms with Crippen LogP contribution in [0.2, 0.25) is 0 Å². The molecule has 1 aliphatic rings. The molecule has 3 aromatic rings. The van der Waals surface area contributed by atoms with E-state index in [1.807, 2.05) is 54.6 Å². The molecule has 1 aromatic heterocycles. The smallest absolute Gasteiger partial charge is 0.295 e. The van der Waals surface area contributed by atoms with Crippen molar-refractivity contribution in [1.29, 1.82) is 0 Å². The minimum absolute atomic E-state index is 0.0763. The molecule has 0 saturated carbocycles. The highest BCUT2D eigenvalue weighted by molar-refractivity contribution is 8.27. The first kappa shape index (κ1) is 16.8. The molecule has 1 amide bonds. The lowest BCUT2D eigenvalue weighted by atomic mass is 10.1. The van der Waals surface area contributed by atoms with Crippen LogP contribution in [0.1, 0.15) is 5.56 Å². The molecular formula is C19H15N3O2S2. The van der Waals surface area contributed by atoms with Crippen LogP contribution in [0.3, 0.4) is 0 Å². The van der Waals surface area contributed by atoms with Crippen LogP contribution >= 0.6 is 24.0 Å². The number of para-hydroxylation sites is 1. The summed E-state index contributed by atoms with van der Waals surface area (Å²) in [5.74, 6) is -0.131. The van der Waals surface area contributed by atoms with Gasteiger partial charge in [-0.05, 0) is 35.9 Å². The van der Waals surface area contributed by atoms with Crippen LogP contribution in [-0.4, -0.2) is 19.4 Å². The van der Waals surface area contributed by atoms with Gasteiger partial charge in [0.25, 0.3) is 5.91 Å². The van der Waals surface area contributed by atoms with Crippen LogP contribution in [0.25, 0.3) is 17.1 Å². The van der Waals surface area contributed by atoms with Crippen LogP contribution in [-0.2, 0) is 18.9 Å². The molecule has 5 nitrogen and oxygen atoms in total. The summed E-state index contributed by atoms with van der Waals surface area (Å²) in [6, 6.07) is 15.1. The standard InChI is InChI=1S/C19H15N3O2S2/c1-20-14-9-8-12(10-15(14)21(2)18(20)24)11-16-17(23)22(19(25)26-16)13-6-4-3-5-7-13/h3-11H,1-2H3/b16-11+. The van der Waals surface area contributed by atoms with E-state index < -0.39 is 0 Å². The van der Waals surface area contributed by atoms with Crippen molar-refractivity contribution in [2.45, 2.75) is 0 Å². The van der Waals surface area contributed by atoms with Crippen LogP contribution in [0.4, 0.5) is 5.69 Å². The number of nitrogens with zero attached hydrogens (tertiary/aromatic N) is 3. The lowest BCUT2D eigenvalue weighted by molar-refractivity contribution is -0.113. The first-order chi connectivity index (χ1) is 12.5. The summed E-state index contributed by atoms with van der Waals surface area (Å²) in [6.07, 6.45) is 1.82. The third-order valence-electron chi connectivity index (χ3n) is 4.40. The van der Waals surface area contributed by atoms with E-state index in [1.54, 1.807) is 28.1 Å². The zero-order valence-electron chi connectivity index (χ0n) is 14.2. The molecule has 0 N–H and O–H groups in total. The van der Waals surface area contributed by atoms with Crippen molar-refractivity contribution in [2.75, 3.05) is 4.90 Å². The van der Waals surface area contributed by atoms with E-state index in [1.165, 1.54) is 11.8 Å². The fraction of sp³-hybridized carbons (Fsp3) is 0.105. The largest absolute Gasteiger partial charge is 0.328 e. The number of aromatic nitrogens is 2. The van der Waals surface area contributed by atoms with Crippen LogP contribution in [0.15, 0.2) is 58.2 Å². The summed E-state index contributed by atoms with van der Waals surface area (Å²) < 4.78 is 3.72. The zero-order valence-corrected chi connectivity index (χ0v) is 15.8. The van der Waals surface area contributed by atoms with Gasteiger partial charge < -0.3 is 0 Å². The van der Waals surface area contributed by atoms with Crippen LogP contribution in [0, 0.1) is 0 Å². The molecule has 0 aliphatic carbocycles. The van der Waals surface area contributed by atoms with Gasteiger partial charge in [-0.25, -0.2) is 4.79 Å². The van der Waals surface area contributed by atoms with Gasteiger partial charge in [-0.1, -0.05) is 48.2 Å². The normalized spacial score (nSPS) is 16.2. The Kier molecular flexibility index (Phi) is 4.05. The van der Waals surface area contributed by atoms with E-state index in [-0.39, 0.29) is 11.6 Å². The van der Waals surface area contributed by atoms with E-state index >= 15 is 0 Å². The van der Waals surface area contributed by atoms with Crippen molar-refractivity contribution >= 4 is 57.0 Å². The molecule has 1 aliphatic heterocycles. The Hall–Kier alpha value is -2.64. The summed E-state index contributed by atoms with van der Waals surface area (Å²) in [4.78, 5) is 27.0. The van der Waals surface area contributed by atoms with Crippen molar-refractivity contribution in [2.24, 2.45) is 14.1 Å². The Morgan fingerprint density at radius 2 is 1.65 bits per heavy atom. The lowest BCUT2D eigenvalue weighted by Crippen LogP contribution is -2.27. The van der Waals surface area contributed by atoms with Crippen molar-refractivity contribution in [3.63, 3.8) is 0 Å². The second-order valence-corrected chi connectivity index (χ2v) is 7.68. The van der Waals surface area contributed by atoms with Gasteiger partial charge in [0.2, 0.25) is 0 Å². The number of fused-ring (bicyclic) bond motifs is 1. The van der Waals surface area contributed by atoms with Gasteiger partial charge in [0, 0.05) is 14.1 Å². The van der Waals surface area contributed by atoms with Gasteiger partial charge >= 0.3 is 5.69 Å². The van der Waals surface area contributed by atoms with Crippen molar-refractivity contribution in [1.82, 2.24) is 9.13 Å². The Bertz CT molecular complexity index is 1140. The second-order valence-electron chi connectivity index (χ2n) is 6.00. The third-order valence-corrected chi connectivity index (χ3v) is 5.70. The fourth-order valence-electron chi connectivity index (χ4n) is 3.03. The summed E-state index contributed by atoms with van der Waals surface area (Å²) in [6.45, 7) is 0. The molecule has 130 valence electrons. The Morgan fingerprint density at radius 1 is 0.962 bits per heavy atom. The molecule has 0 atom stereocenters. The number of hydrogen-bond donors (Lipinski definition) is 0. The first-order valence-electron chi connectivity index (χ1n) is 7.96. The van der Waals surface area contributed by atoms with E-state index in [2.05, 4.69) is 0 Å². The maximum absolute atomic E-state index is 12.8. The Labute approximate surface area is 159 Å². The monoisotopic (exact) mass is 381 g/mol. The summed E-state index contributed by atoms with van der Waals surface area (Å²) in [7, 11) is 3.48. The van der Waals surface area contributed by atoms with E-state index in [4.69, 9.17) is 12.2 Å². The highest BCUT2D eigenvalue weighted by Gasteiger charge is 2.33. The SMILES string of the molecule is Cn1c(=O)n(C)c2cc(/C=C3/SC(=S)N(c4ccccc4)C3=O)ccc21. The Balaban J connectivity index is 1.74. The van der Waals surface area contributed by atoms with Crippen LogP contribution < -0.4 is 10.6 Å². The molecule has 4 rings (SSSR count). The maximum Gasteiger partial charge on any atom is 0.328 e. The topological polar surface area (TPSA) is 47.2 Å². The number of imidazole rings is 1. The Morgan fingerprint density at radius 3 is 2.38 bits per heavy atom. The zero-order chi connectivity index (χ0) is 18.4. The molecule has 2 aromatic carbocycles. The first-order valence-corrected chi connectivity index (χ1v) is 9.18. The van der Waals surface area contributed by atoms with Crippen molar-refractivity contribution in [3.05, 3.63) is 69.5 Å². The number of hydrogen-bond acceptors (Lipinski definition) is 4. The number of carbonyl (C=O) groups is 1. The van der Waals surface area contributed by atoms with Gasteiger partial charge in [0.15, 0.2) is 4.32 Å². The van der Waals surface area contributed by atoms with E-state index in [0.717, 1.165) is 22.3 Å². The predicted octanol–water partition coefficient (Wildman–Crippen LogP) is 3.28. The highest BCUT2D eigenvalue weighted by Crippen LogP contribution is 2.36. The highest BCUT2D eigenvalue weighted by atomic mass is 32.2. The molecule has 1 fully saturated rings.